The van der Waals surface area contributed by atoms with Gasteiger partial charge in [-0.25, -0.2) is 8.42 Å². The van der Waals surface area contributed by atoms with Crippen molar-refractivity contribution in [2.75, 3.05) is 19.6 Å². The molecule has 1 fully saturated rings. The Balaban J connectivity index is 1.60. The summed E-state index contributed by atoms with van der Waals surface area (Å²) in [6, 6.07) is 6.16. The van der Waals surface area contributed by atoms with E-state index in [1.165, 1.54) is 0 Å². The Labute approximate surface area is 181 Å². The van der Waals surface area contributed by atoms with E-state index >= 15 is 0 Å². The first-order chi connectivity index (χ1) is 14.1. The van der Waals surface area contributed by atoms with E-state index in [-0.39, 0.29) is 29.9 Å². The van der Waals surface area contributed by atoms with Gasteiger partial charge < -0.3 is 5.32 Å². The highest BCUT2D eigenvalue weighted by Crippen LogP contribution is 2.35. The van der Waals surface area contributed by atoms with E-state index in [1.807, 2.05) is 17.5 Å². The van der Waals surface area contributed by atoms with Gasteiger partial charge in [0, 0.05) is 30.4 Å². The van der Waals surface area contributed by atoms with Crippen LogP contribution in [0.4, 0.5) is 13.2 Å². The third kappa shape index (κ3) is 5.35. The largest absolute Gasteiger partial charge is 0.416 e. The molecular formula is C19H20ClF3N2O3S2. The van der Waals surface area contributed by atoms with Crippen LogP contribution in [0.5, 0.6) is 0 Å². The molecule has 0 atom stereocenters. The fourth-order valence-electron chi connectivity index (χ4n) is 3.28. The van der Waals surface area contributed by atoms with Crippen LogP contribution in [-0.4, -0.2) is 38.3 Å². The lowest BCUT2D eigenvalue weighted by molar-refractivity contribution is -0.137. The number of hydrogen-bond acceptors (Lipinski definition) is 4. The summed E-state index contributed by atoms with van der Waals surface area (Å²) in [4.78, 5) is 12.9. The van der Waals surface area contributed by atoms with Crippen molar-refractivity contribution in [3.8, 4) is 0 Å². The van der Waals surface area contributed by atoms with Crippen molar-refractivity contribution in [3.05, 3.63) is 51.2 Å². The molecule has 1 aliphatic rings. The molecule has 1 N–H and O–H groups in total. The first-order valence-electron chi connectivity index (χ1n) is 9.26. The second-order valence-corrected chi connectivity index (χ2v) is 10.3. The van der Waals surface area contributed by atoms with Crippen molar-refractivity contribution in [1.29, 1.82) is 0 Å². The highest BCUT2D eigenvalue weighted by atomic mass is 35.5. The molecule has 0 bridgehead atoms. The van der Waals surface area contributed by atoms with E-state index in [1.54, 1.807) is 11.3 Å². The zero-order valence-electron chi connectivity index (χ0n) is 15.8. The average Bonchev–Trinajstić information content (AvgIpc) is 3.21. The third-order valence-corrected chi connectivity index (χ3v) is 8.27. The number of hydrogen-bond donors (Lipinski definition) is 1. The van der Waals surface area contributed by atoms with Gasteiger partial charge in [0.25, 0.3) is 0 Å². The topological polar surface area (TPSA) is 66.5 Å². The number of piperidine rings is 1. The maximum absolute atomic E-state index is 13.0. The molecule has 5 nitrogen and oxygen atoms in total. The molecule has 3 rings (SSSR count). The van der Waals surface area contributed by atoms with Crippen LogP contribution in [0, 0.1) is 5.92 Å². The van der Waals surface area contributed by atoms with Crippen molar-refractivity contribution < 1.29 is 26.4 Å². The fourth-order valence-corrected chi connectivity index (χ4v) is 5.96. The number of benzene rings is 1. The zero-order valence-corrected chi connectivity index (χ0v) is 18.2. The molecular weight excluding hydrogens is 461 g/mol. The van der Waals surface area contributed by atoms with Gasteiger partial charge in [0.15, 0.2) is 0 Å². The van der Waals surface area contributed by atoms with E-state index < -0.39 is 26.7 Å². The molecule has 0 aliphatic carbocycles. The SMILES string of the molecule is O=C(NCCc1cccs1)C1CCN(S(=O)(=O)c2cc(C(F)(F)F)ccc2Cl)CC1. The van der Waals surface area contributed by atoms with Gasteiger partial charge in [0.1, 0.15) is 4.90 Å². The summed E-state index contributed by atoms with van der Waals surface area (Å²) in [7, 11) is -4.20. The van der Waals surface area contributed by atoms with E-state index in [4.69, 9.17) is 11.6 Å². The summed E-state index contributed by atoms with van der Waals surface area (Å²) >= 11 is 7.50. The summed E-state index contributed by atoms with van der Waals surface area (Å²) in [6.45, 7) is 0.577. The minimum absolute atomic E-state index is 0.0396. The molecule has 1 amide bonds. The smallest absolute Gasteiger partial charge is 0.355 e. The quantitative estimate of drug-likeness (QED) is 0.674. The number of carbonyl (C=O) groups excluding carboxylic acids is 1. The normalized spacial score (nSPS) is 16.5. The molecule has 0 spiro atoms. The third-order valence-electron chi connectivity index (χ3n) is 4.95. The Hall–Kier alpha value is -1.62. The Bertz CT molecular complexity index is 987. The van der Waals surface area contributed by atoms with Gasteiger partial charge in [-0.2, -0.15) is 17.5 Å². The summed E-state index contributed by atoms with van der Waals surface area (Å²) in [5.74, 6) is -0.475. The lowest BCUT2D eigenvalue weighted by Gasteiger charge is -2.31. The highest BCUT2D eigenvalue weighted by molar-refractivity contribution is 7.89. The Morgan fingerprint density at radius 3 is 2.53 bits per heavy atom. The molecule has 1 saturated heterocycles. The van der Waals surface area contributed by atoms with Crippen molar-refractivity contribution in [2.24, 2.45) is 5.92 Å². The number of amides is 1. The van der Waals surface area contributed by atoms with Gasteiger partial charge in [-0.05, 0) is 48.9 Å². The molecule has 1 aromatic heterocycles. The van der Waals surface area contributed by atoms with Crippen LogP contribution >= 0.6 is 22.9 Å². The van der Waals surface area contributed by atoms with E-state index in [2.05, 4.69) is 5.32 Å². The summed E-state index contributed by atoms with van der Waals surface area (Å²) in [5.41, 5.74) is -1.08. The van der Waals surface area contributed by atoms with Gasteiger partial charge in [0.05, 0.1) is 10.6 Å². The molecule has 0 unspecified atom stereocenters. The van der Waals surface area contributed by atoms with Crippen LogP contribution in [0.2, 0.25) is 5.02 Å². The van der Waals surface area contributed by atoms with Crippen LogP contribution in [0.25, 0.3) is 0 Å². The monoisotopic (exact) mass is 480 g/mol. The summed E-state index contributed by atoms with van der Waals surface area (Å²) < 4.78 is 65.7. The first kappa shape index (κ1) is 23.1. The first-order valence-corrected chi connectivity index (χ1v) is 12.0. The molecule has 2 heterocycles. The number of halogens is 4. The van der Waals surface area contributed by atoms with Gasteiger partial charge in [-0.1, -0.05) is 17.7 Å². The Morgan fingerprint density at radius 1 is 1.23 bits per heavy atom. The Morgan fingerprint density at radius 2 is 1.93 bits per heavy atom. The van der Waals surface area contributed by atoms with Crippen LogP contribution < -0.4 is 5.32 Å². The van der Waals surface area contributed by atoms with Crippen LogP contribution in [0.15, 0.2) is 40.6 Å². The lowest BCUT2D eigenvalue weighted by atomic mass is 9.97. The van der Waals surface area contributed by atoms with Gasteiger partial charge in [-0.15, -0.1) is 11.3 Å². The molecule has 11 heteroatoms. The van der Waals surface area contributed by atoms with Crippen molar-refractivity contribution in [2.45, 2.75) is 30.3 Å². The molecule has 164 valence electrons. The number of nitrogens with one attached hydrogen (secondary N) is 1. The van der Waals surface area contributed by atoms with E-state index in [0.29, 0.717) is 25.5 Å². The second kappa shape index (κ2) is 9.25. The molecule has 0 saturated carbocycles. The van der Waals surface area contributed by atoms with Crippen molar-refractivity contribution in [3.63, 3.8) is 0 Å². The predicted molar refractivity (Wildman–Crippen MR) is 109 cm³/mol. The number of thiophene rings is 1. The second-order valence-electron chi connectivity index (χ2n) is 6.94. The number of carbonyl (C=O) groups is 1. The molecule has 1 aliphatic heterocycles. The summed E-state index contributed by atoms with van der Waals surface area (Å²) in [6.07, 6.45) is -3.37. The molecule has 2 aromatic rings. The zero-order chi connectivity index (χ0) is 21.9. The van der Waals surface area contributed by atoms with Crippen LogP contribution in [0.1, 0.15) is 23.3 Å². The number of nitrogens with zero attached hydrogens (tertiary/aromatic N) is 1. The van der Waals surface area contributed by atoms with Crippen molar-refractivity contribution in [1.82, 2.24) is 9.62 Å². The number of alkyl halides is 3. The van der Waals surface area contributed by atoms with Crippen LogP contribution in [-0.2, 0) is 27.4 Å². The molecule has 0 radical (unpaired) electrons. The van der Waals surface area contributed by atoms with E-state index in [0.717, 1.165) is 27.7 Å². The predicted octanol–water partition coefficient (Wildman–Crippen LogP) is 4.18. The Kier molecular flexibility index (Phi) is 7.11. The van der Waals surface area contributed by atoms with Gasteiger partial charge >= 0.3 is 6.18 Å². The minimum Gasteiger partial charge on any atom is -0.355 e. The van der Waals surface area contributed by atoms with Gasteiger partial charge in [0.2, 0.25) is 15.9 Å². The maximum atomic E-state index is 13.0. The maximum Gasteiger partial charge on any atom is 0.416 e. The van der Waals surface area contributed by atoms with Gasteiger partial charge in [-0.3, -0.25) is 4.79 Å². The summed E-state index contributed by atoms with van der Waals surface area (Å²) in [5, 5.41) is 4.56. The van der Waals surface area contributed by atoms with Crippen LogP contribution in [0.3, 0.4) is 0 Å². The van der Waals surface area contributed by atoms with E-state index in [9.17, 15) is 26.4 Å². The fraction of sp³-hybridized carbons (Fsp3) is 0.421. The average molecular weight is 481 g/mol. The number of rotatable bonds is 6. The molecule has 30 heavy (non-hydrogen) atoms. The van der Waals surface area contributed by atoms with Crippen molar-refractivity contribution >= 4 is 38.9 Å². The lowest BCUT2D eigenvalue weighted by Crippen LogP contribution is -2.43. The number of sulfonamides is 1. The highest BCUT2D eigenvalue weighted by Gasteiger charge is 2.36. The standard InChI is InChI=1S/C19H20ClF3N2O3S2/c20-16-4-3-14(19(21,22)23)12-17(16)30(27,28)25-9-6-13(7-10-25)18(26)24-8-5-15-2-1-11-29-15/h1-4,11-13H,5-10H2,(H,24,26). The minimum atomic E-state index is -4.68. The molecule has 1 aromatic carbocycles.